The molecule has 2 aromatic carbocycles. The van der Waals surface area contributed by atoms with Crippen LogP contribution in [-0.4, -0.2) is 32.8 Å². The number of fused-ring (bicyclic) bond motifs is 1. The van der Waals surface area contributed by atoms with Gasteiger partial charge >= 0.3 is 6.18 Å². The van der Waals surface area contributed by atoms with E-state index in [4.69, 9.17) is 9.47 Å². The van der Waals surface area contributed by atoms with Crippen molar-refractivity contribution in [2.45, 2.75) is 42.5 Å². The van der Waals surface area contributed by atoms with Crippen LogP contribution in [0.2, 0.25) is 0 Å². The van der Waals surface area contributed by atoms with Gasteiger partial charge in [0.1, 0.15) is 6.54 Å². The molecule has 1 fully saturated rings. The number of ether oxygens (including phenoxy) is 2. The molecule has 0 aromatic heterocycles. The van der Waals surface area contributed by atoms with E-state index < -0.39 is 34.4 Å². The number of hydrogen-bond donors (Lipinski definition) is 2. The van der Waals surface area contributed by atoms with Crippen LogP contribution in [0.15, 0.2) is 47.4 Å². The molecular formula is C20H19F3N2O5S. The minimum absolute atomic E-state index is 0.0897. The highest BCUT2D eigenvalue weighted by Gasteiger charge is 2.44. The molecule has 166 valence electrons. The Balaban J connectivity index is 1.44. The standard InChI is InChI=1S/C20H19F3N2O5S/c21-20(22,23)12-24-18(26)13-3-6-15(7-4-13)31(27,28)25-14-5-8-16-17(11-14)30-19(29-16)9-1-2-10-19/h3-8,11,25H,1-2,9-10,12H2,(H,24,26). The summed E-state index contributed by atoms with van der Waals surface area (Å²) in [4.78, 5) is 11.6. The van der Waals surface area contributed by atoms with Crippen LogP contribution in [0.3, 0.4) is 0 Å². The lowest BCUT2D eigenvalue weighted by molar-refractivity contribution is -0.123. The Bertz CT molecular complexity index is 1090. The smallest absolute Gasteiger partial charge is 0.405 e. The zero-order valence-electron chi connectivity index (χ0n) is 16.2. The van der Waals surface area contributed by atoms with Gasteiger partial charge in [0.05, 0.1) is 10.6 Å². The number of hydrogen-bond acceptors (Lipinski definition) is 5. The first-order valence-corrected chi connectivity index (χ1v) is 11.0. The summed E-state index contributed by atoms with van der Waals surface area (Å²) in [7, 11) is -3.99. The van der Waals surface area contributed by atoms with Crippen LogP contribution in [0.4, 0.5) is 18.9 Å². The molecular weight excluding hydrogens is 437 g/mol. The molecule has 31 heavy (non-hydrogen) atoms. The van der Waals surface area contributed by atoms with Crippen molar-refractivity contribution in [3.05, 3.63) is 48.0 Å². The van der Waals surface area contributed by atoms with Crippen LogP contribution < -0.4 is 19.5 Å². The molecule has 0 unspecified atom stereocenters. The van der Waals surface area contributed by atoms with E-state index in [2.05, 4.69) is 4.72 Å². The van der Waals surface area contributed by atoms with E-state index in [1.54, 1.807) is 23.5 Å². The molecule has 1 heterocycles. The first-order chi connectivity index (χ1) is 14.6. The van der Waals surface area contributed by atoms with E-state index in [0.717, 1.165) is 49.9 Å². The van der Waals surface area contributed by atoms with E-state index >= 15 is 0 Å². The highest BCUT2D eigenvalue weighted by atomic mass is 32.2. The average Bonchev–Trinajstić information content (AvgIpc) is 3.31. The minimum Gasteiger partial charge on any atom is -0.448 e. The van der Waals surface area contributed by atoms with Crippen LogP contribution in [0, 0.1) is 0 Å². The van der Waals surface area contributed by atoms with Crippen LogP contribution in [0.1, 0.15) is 36.0 Å². The monoisotopic (exact) mass is 456 g/mol. The van der Waals surface area contributed by atoms with E-state index in [1.807, 2.05) is 0 Å². The maximum atomic E-state index is 12.7. The van der Waals surface area contributed by atoms with Gasteiger partial charge in [-0.05, 0) is 49.2 Å². The number of halogens is 3. The molecule has 1 spiro atoms. The number of alkyl halides is 3. The van der Waals surface area contributed by atoms with Crippen LogP contribution in [0.5, 0.6) is 11.5 Å². The van der Waals surface area contributed by atoms with E-state index in [9.17, 15) is 26.4 Å². The van der Waals surface area contributed by atoms with E-state index in [-0.39, 0.29) is 16.1 Å². The molecule has 0 radical (unpaired) electrons. The first kappa shape index (κ1) is 21.3. The number of nitrogens with one attached hydrogen (secondary N) is 2. The van der Waals surface area contributed by atoms with Crippen LogP contribution in [0.25, 0.3) is 0 Å². The third-order valence-corrected chi connectivity index (χ3v) is 6.43. The topological polar surface area (TPSA) is 93.7 Å². The van der Waals surface area contributed by atoms with Crippen molar-refractivity contribution in [3.8, 4) is 11.5 Å². The number of rotatable bonds is 5. The Morgan fingerprint density at radius 2 is 1.65 bits per heavy atom. The predicted molar refractivity (Wildman–Crippen MR) is 105 cm³/mol. The molecule has 0 saturated heterocycles. The SMILES string of the molecule is O=C(NCC(F)(F)F)c1ccc(S(=O)(=O)Nc2ccc3c(c2)OC2(CCCC2)O3)cc1. The summed E-state index contributed by atoms with van der Waals surface area (Å²) < 4.78 is 76.2. The number of benzene rings is 2. The van der Waals surface area contributed by atoms with Gasteiger partial charge in [0.2, 0.25) is 0 Å². The van der Waals surface area contributed by atoms with Crippen molar-refractivity contribution >= 4 is 21.6 Å². The summed E-state index contributed by atoms with van der Waals surface area (Å²) in [6, 6.07) is 9.30. The van der Waals surface area contributed by atoms with Crippen LogP contribution >= 0.6 is 0 Å². The fraction of sp³-hybridized carbons (Fsp3) is 0.350. The first-order valence-electron chi connectivity index (χ1n) is 9.55. The maximum Gasteiger partial charge on any atom is 0.405 e. The second-order valence-corrected chi connectivity index (χ2v) is 9.09. The second-order valence-electron chi connectivity index (χ2n) is 7.41. The van der Waals surface area contributed by atoms with Crippen molar-refractivity contribution in [2.24, 2.45) is 0 Å². The third kappa shape index (κ3) is 4.71. The van der Waals surface area contributed by atoms with E-state index in [1.165, 1.54) is 0 Å². The zero-order chi connectivity index (χ0) is 22.3. The average molecular weight is 456 g/mol. The summed E-state index contributed by atoms with van der Waals surface area (Å²) in [6.07, 6.45) is -1.00. The second kappa shape index (κ2) is 7.63. The molecule has 1 aliphatic carbocycles. The Hall–Kier alpha value is -2.95. The fourth-order valence-electron chi connectivity index (χ4n) is 3.56. The van der Waals surface area contributed by atoms with Crippen LogP contribution in [-0.2, 0) is 10.0 Å². The van der Waals surface area contributed by atoms with Gasteiger partial charge in [0, 0.05) is 24.5 Å². The van der Waals surface area contributed by atoms with Gasteiger partial charge in [0.15, 0.2) is 11.5 Å². The number of anilines is 1. The van der Waals surface area contributed by atoms with Crippen molar-refractivity contribution in [2.75, 3.05) is 11.3 Å². The zero-order valence-corrected chi connectivity index (χ0v) is 17.0. The Morgan fingerprint density at radius 3 is 2.29 bits per heavy atom. The molecule has 0 atom stereocenters. The van der Waals surface area contributed by atoms with Gasteiger partial charge < -0.3 is 14.8 Å². The van der Waals surface area contributed by atoms with Gasteiger partial charge in [-0.3, -0.25) is 9.52 Å². The van der Waals surface area contributed by atoms with Gasteiger partial charge in [-0.2, -0.15) is 13.2 Å². The predicted octanol–water partition coefficient (Wildman–Crippen LogP) is 3.82. The van der Waals surface area contributed by atoms with Crippen molar-refractivity contribution < 1.29 is 35.9 Å². The largest absolute Gasteiger partial charge is 0.448 e. The Labute approximate surface area is 176 Å². The van der Waals surface area contributed by atoms with Crippen molar-refractivity contribution in [3.63, 3.8) is 0 Å². The normalized spacial score (nSPS) is 17.0. The van der Waals surface area contributed by atoms with Gasteiger partial charge in [-0.15, -0.1) is 0 Å². The molecule has 2 N–H and O–H groups in total. The molecule has 0 bridgehead atoms. The molecule has 2 aromatic rings. The minimum atomic E-state index is -4.54. The van der Waals surface area contributed by atoms with E-state index in [0.29, 0.717) is 11.5 Å². The molecule has 1 amide bonds. The lowest BCUT2D eigenvalue weighted by Gasteiger charge is -2.21. The maximum absolute atomic E-state index is 12.7. The van der Waals surface area contributed by atoms with Gasteiger partial charge in [-0.1, -0.05) is 0 Å². The summed E-state index contributed by atoms with van der Waals surface area (Å²) in [5.74, 6) is -0.605. The number of carbonyl (C=O) groups excluding carboxylic acids is 1. The number of sulfonamides is 1. The summed E-state index contributed by atoms with van der Waals surface area (Å²) in [5, 5.41) is 1.73. The van der Waals surface area contributed by atoms with Crippen molar-refractivity contribution in [1.29, 1.82) is 0 Å². The quantitative estimate of drug-likeness (QED) is 0.714. The fourth-order valence-corrected chi connectivity index (χ4v) is 4.61. The Morgan fingerprint density at radius 1 is 1.00 bits per heavy atom. The summed E-state index contributed by atoms with van der Waals surface area (Å²) >= 11 is 0. The number of carbonyl (C=O) groups is 1. The van der Waals surface area contributed by atoms with Gasteiger partial charge in [0.25, 0.3) is 21.7 Å². The molecule has 7 nitrogen and oxygen atoms in total. The highest BCUT2D eigenvalue weighted by Crippen LogP contribution is 2.47. The Kier molecular flexibility index (Phi) is 5.24. The molecule has 4 rings (SSSR count). The lowest BCUT2D eigenvalue weighted by atomic mass is 10.2. The molecule has 1 aliphatic heterocycles. The number of amides is 1. The third-order valence-electron chi connectivity index (χ3n) is 5.03. The highest BCUT2D eigenvalue weighted by molar-refractivity contribution is 7.92. The van der Waals surface area contributed by atoms with Crippen molar-refractivity contribution in [1.82, 2.24) is 5.32 Å². The van der Waals surface area contributed by atoms with Gasteiger partial charge in [-0.25, -0.2) is 8.42 Å². The molecule has 1 saturated carbocycles. The summed E-state index contributed by atoms with van der Waals surface area (Å²) in [5.41, 5.74) is 0.178. The molecule has 2 aliphatic rings. The molecule has 11 heteroatoms. The lowest BCUT2D eigenvalue weighted by Crippen LogP contribution is -2.34. The summed E-state index contributed by atoms with van der Waals surface area (Å²) in [6.45, 7) is -1.47.